The summed E-state index contributed by atoms with van der Waals surface area (Å²) in [7, 11) is 0. The van der Waals surface area contributed by atoms with E-state index >= 15 is 0 Å². The van der Waals surface area contributed by atoms with E-state index in [0.717, 1.165) is 18.8 Å². The summed E-state index contributed by atoms with van der Waals surface area (Å²) in [5, 5.41) is 8.90. The molecule has 1 saturated heterocycles. The summed E-state index contributed by atoms with van der Waals surface area (Å²) in [6.07, 6.45) is 0.603. The molecule has 6 heteroatoms. The highest BCUT2D eigenvalue weighted by atomic mass is 16.2. The summed E-state index contributed by atoms with van der Waals surface area (Å²) in [5.74, 6) is -0.108. The maximum atomic E-state index is 12.7. The van der Waals surface area contributed by atoms with Gasteiger partial charge in [0.15, 0.2) is 0 Å². The van der Waals surface area contributed by atoms with Crippen LogP contribution in [0.5, 0.6) is 0 Å². The van der Waals surface area contributed by atoms with Gasteiger partial charge < -0.3 is 14.7 Å². The molecule has 156 valence electrons. The average Bonchev–Trinajstić information content (AvgIpc) is 2.78. The summed E-state index contributed by atoms with van der Waals surface area (Å²) in [4.78, 5) is 31.1. The summed E-state index contributed by atoms with van der Waals surface area (Å²) in [6.45, 7) is 5.33. The second-order valence-corrected chi connectivity index (χ2v) is 7.50. The molecule has 3 rings (SSSR count). The van der Waals surface area contributed by atoms with Gasteiger partial charge in [0.2, 0.25) is 11.8 Å². The van der Waals surface area contributed by atoms with E-state index in [-0.39, 0.29) is 31.1 Å². The van der Waals surface area contributed by atoms with Gasteiger partial charge >= 0.3 is 0 Å². The number of rotatable bonds is 7. The molecule has 0 bridgehead atoms. The number of carbonyl (C=O) groups excluding carboxylic acids is 2. The summed E-state index contributed by atoms with van der Waals surface area (Å²) >= 11 is 0. The van der Waals surface area contributed by atoms with Crippen LogP contribution in [0.2, 0.25) is 0 Å². The Balaban J connectivity index is 1.51. The maximum absolute atomic E-state index is 12.7. The number of carbonyl (C=O) groups is 2. The van der Waals surface area contributed by atoms with Crippen LogP contribution < -0.4 is 9.80 Å². The van der Waals surface area contributed by atoms with E-state index in [2.05, 4.69) is 42.2 Å². The van der Waals surface area contributed by atoms with E-state index in [1.54, 1.807) is 4.90 Å². The molecule has 30 heavy (non-hydrogen) atoms. The van der Waals surface area contributed by atoms with Crippen LogP contribution in [0.1, 0.15) is 24.8 Å². The molecule has 0 radical (unpaired) electrons. The van der Waals surface area contributed by atoms with E-state index < -0.39 is 0 Å². The smallest absolute Gasteiger partial charge is 0.227 e. The van der Waals surface area contributed by atoms with Crippen LogP contribution in [0.15, 0.2) is 54.6 Å². The normalized spacial score (nSPS) is 13.6. The lowest BCUT2D eigenvalue weighted by Gasteiger charge is -2.36. The number of benzene rings is 2. The number of hydrogen-bond donors (Lipinski definition) is 0. The van der Waals surface area contributed by atoms with Gasteiger partial charge in [0.1, 0.15) is 0 Å². The number of hydrogen-bond acceptors (Lipinski definition) is 4. The van der Waals surface area contributed by atoms with Crippen LogP contribution in [0.25, 0.3) is 0 Å². The molecule has 2 amide bonds. The van der Waals surface area contributed by atoms with Crippen molar-refractivity contribution in [3.8, 4) is 6.07 Å². The molecule has 1 aliphatic rings. The van der Waals surface area contributed by atoms with Crippen molar-refractivity contribution in [1.29, 1.82) is 5.26 Å². The maximum Gasteiger partial charge on any atom is 0.227 e. The second kappa shape index (κ2) is 10.4. The minimum Gasteiger partial charge on any atom is -0.368 e. The number of anilines is 2. The topological polar surface area (TPSA) is 67.7 Å². The SMILES string of the molecule is Cc1cccc(N2CCN(C(=O)CCC(=O)N(CCC#N)c3ccccc3)CC2)c1. The predicted octanol–water partition coefficient (Wildman–Crippen LogP) is 3.37. The number of piperazine rings is 1. The van der Waals surface area contributed by atoms with Crippen molar-refractivity contribution in [2.24, 2.45) is 0 Å². The third kappa shape index (κ3) is 5.60. The molecule has 0 aliphatic carbocycles. The third-order valence-electron chi connectivity index (χ3n) is 5.37. The van der Waals surface area contributed by atoms with Crippen LogP contribution in [-0.2, 0) is 9.59 Å². The Morgan fingerprint density at radius 1 is 1.00 bits per heavy atom. The number of nitriles is 1. The zero-order chi connectivity index (χ0) is 21.3. The van der Waals surface area contributed by atoms with Gasteiger partial charge in [-0.15, -0.1) is 0 Å². The fraction of sp³-hybridized carbons (Fsp3) is 0.375. The molecular formula is C24H28N4O2. The molecule has 0 unspecified atom stereocenters. The largest absolute Gasteiger partial charge is 0.368 e. The van der Waals surface area contributed by atoms with E-state index in [1.165, 1.54) is 11.3 Å². The zero-order valence-electron chi connectivity index (χ0n) is 17.5. The zero-order valence-corrected chi connectivity index (χ0v) is 17.5. The van der Waals surface area contributed by atoms with E-state index in [0.29, 0.717) is 19.6 Å². The van der Waals surface area contributed by atoms with Gasteiger partial charge in [-0.25, -0.2) is 0 Å². The molecule has 1 heterocycles. The van der Waals surface area contributed by atoms with Crippen molar-refractivity contribution in [1.82, 2.24) is 4.90 Å². The van der Waals surface area contributed by atoms with E-state index in [4.69, 9.17) is 5.26 Å². The number of para-hydroxylation sites is 1. The van der Waals surface area contributed by atoms with Crippen LogP contribution in [0, 0.1) is 18.3 Å². The van der Waals surface area contributed by atoms with Gasteiger partial charge in [-0.1, -0.05) is 30.3 Å². The Bertz CT molecular complexity index is 899. The van der Waals surface area contributed by atoms with Gasteiger partial charge in [-0.2, -0.15) is 5.26 Å². The highest BCUT2D eigenvalue weighted by Gasteiger charge is 2.23. The Hall–Kier alpha value is -3.33. The van der Waals surface area contributed by atoms with E-state index in [9.17, 15) is 9.59 Å². The Morgan fingerprint density at radius 2 is 1.73 bits per heavy atom. The van der Waals surface area contributed by atoms with Crippen molar-refractivity contribution in [3.05, 3.63) is 60.2 Å². The molecule has 2 aromatic rings. The average molecular weight is 405 g/mol. The molecule has 0 saturated carbocycles. The minimum atomic E-state index is -0.122. The van der Waals surface area contributed by atoms with Gasteiger partial charge in [0.25, 0.3) is 0 Å². The van der Waals surface area contributed by atoms with E-state index in [1.807, 2.05) is 35.2 Å². The van der Waals surface area contributed by atoms with Crippen molar-refractivity contribution >= 4 is 23.2 Å². The lowest BCUT2D eigenvalue weighted by molar-refractivity contribution is -0.133. The van der Waals surface area contributed by atoms with Crippen LogP contribution >= 0.6 is 0 Å². The fourth-order valence-corrected chi connectivity index (χ4v) is 3.71. The minimum absolute atomic E-state index is 0.0144. The molecule has 0 spiro atoms. The molecular weight excluding hydrogens is 376 g/mol. The predicted molar refractivity (Wildman–Crippen MR) is 118 cm³/mol. The number of nitrogens with zero attached hydrogens (tertiary/aromatic N) is 4. The Labute approximate surface area is 178 Å². The first-order chi connectivity index (χ1) is 14.6. The monoisotopic (exact) mass is 404 g/mol. The summed E-state index contributed by atoms with van der Waals surface area (Å²) in [6, 6.07) is 19.8. The third-order valence-corrected chi connectivity index (χ3v) is 5.37. The molecule has 0 atom stereocenters. The van der Waals surface area contributed by atoms with Crippen LogP contribution in [-0.4, -0.2) is 49.4 Å². The molecule has 0 aromatic heterocycles. The van der Waals surface area contributed by atoms with Gasteiger partial charge in [-0.05, 0) is 36.8 Å². The standard InChI is InChI=1S/C24H28N4O2/c1-20-7-5-10-22(19-20)26-15-17-27(18-16-26)23(29)11-12-24(30)28(14-6-13-25)21-8-3-2-4-9-21/h2-5,7-10,19H,6,11-12,14-18H2,1H3. The highest BCUT2D eigenvalue weighted by Crippen LogP contribution is 2.19. The molecule has 1 aliphatic heterocycles. The van der Waals surface area contributed by atoms with Crippen molar-refractivity contribution in [2.45, 2.75) is 26.2 Å². The first kappa shape index (κ1) is 21.4. The highest BCUT2D eigenvalue weighted by molar-refractivity contribution is 5.95. The molecule has 6 nitrogen and oxygen atoms in total. The summed E-state index contributed by atoms with van der Waals surface area (Å²) < 4.78 is 0. The quantitative estimate of drug-likeness (QED) is 0.710. The summed E-state index contributed by atoms with van der Waals surface area (Å²) in [5.41, 5.74) is 3.18. The Kier molecular flexibility index (Phi) is 7.45. The molecule has 2 aromatic carbocycles. The lowest BCUT2D eigenvalue weighted by atomic mass is 10.1. The van der Waals surface area contributed by atoms with Gasteiger partial charge in [0.05, 0.1) is 12.5 Å². The fourth-order valence-electron chi connectivity index (χ4n) is 3.71. The van der Waals surface area contributed by atoms with Gasteiger partial charge in [-0.3, -0.25) is 9.59 Å². The number of aryl methyl sites for hydroxylation is 1. The second-order valence-electron chi connectivity index (χ2n) is 7.50. The van der Waals surface area contributed by atoms with Crippen LogP contribution in [0.3, 0.4) is 0 Å². The van der Waals surface area contributed by atoms with Gasteiger partial charge in [0, 0.05) is 56.9 Å². The van der Waals surface area contributed by atoms with Crippen molar-refractivity contribution in [3.63, 3.8) is 0 Å². The van der Waals surface area contributed by atoms with Crippen LogP contribution in [0.4, 0.5) is 11.4 Å². The lowest BCUT2D eigenvalue weighted by Crippen LogP contribution is -2.49. The Morgan fingerprint density at radius 3 is 2.40 bits per heavy atom. The molecule has 0 N–H and O–H groups in total. The first-order valence-corrected chi connectivity index (χ1v) is 10.4. The first-order valence-electron chi connectivity index (χ1n) is 10.4. The molecule has 1 fully saturated rings. The van der Waals surface area contributed by atoms with Crippen molar-refractivity contribution < 1.29 is 9.59 Å². The number of amides is 2. The van der Waals surface area contributed by atoms with Crippen molar-refractivity contribution in [2.75, 3.05) is 42.5 Å².